The van der Waals surface area contributed by atoms with Gasteiger partial charge in [-0.05, 0) is 48.5 Å². The topological polar surface area (TPSA) is 102 Å². The van der Waals surface area contributed by atoms with Crippen LogP contribution in [-0.4, -0.2) is 36.0 Å². The Morgan fingerprint density at radius 3 is 2.43 bits per heavy atom. The third kappa shape index (κ3) is 5.12. The molecule has 146 valence electrons. The zero-order valence-electron chi connectivity index (χ0n) is 14.8. The highest BCUT2D eigenvalue weighted by atomic mass is 35.5. The highest BCUT2D eigenvalue weighted by Crippen LogP contribution is 2.23. The summed E-state index contributed by atoms with van der Waals surface area (Å²) in [5, 5.41) is 10.8. The van der Waals surface area contributed by atoms with E-state index in [1.54, 1.807) is 31.2 Å². The maximum atomic E-state index is 12.0. The molecule has 0 aliphatic carbocycles. The SMILES string of the molecule is CCS(=O)(=O)c1ccc(-c2nnc(NC(=O)CSc3ccc(Cl)cc3)o2)cc1. The minimum atomic E-state index is -3.27. The van der Waals surface area contributed by atoms with Crippen molar-refractivity contribution in [1.82, 2.24) is 10.2 Å². The number of rotatable bonds is 7. The van der Waals surface area contributed by atoms with Gasteiger partial charge in [0.15, 0.2) is 9.84 Å². The van der Waals surface area contributed by atoms with Gasteiger partial charge in [-0.15, -0.1) is 16.9 Å². The third-order valence-electron chi connectivity index (χ3n) is 3.70. The van der Waals surface area contributed by atoms with Gasteiger partial charge in [0.1, 0.15) is 0 Å². The highest BCUT2D eigenvalue weighted by Gasteiger charge is 2.14. The average Bonchev–Trinajstić information content (AvgIpc) is 3.16. The Hall–Kier alpha value is -2.36. The van der Waals surface area contributed by atoms with Gasteiger partial charge in [0.05, 0.1) is 16.4 Å². The zero-order valence-corrected chi connectivity index (χ0v) is 17.1. The van der Waals surface area contributed by atoms with Gasteiger partial charge < -0.3 is 4.42 Å². The molecule has 3 aromatic rings. The van der Waals surface area contributed by atoms with Gasteiger partial charge in [-0.2, -0.15) is 0 Å². The van der Waals surface area contributed by atoms with Gasteiger partial charge in [0.2, 0.25) is 11.8 Å². The van der Waals surface area contributed by atoms with Crippen molar-refractivity contribution in [2.75, 3.05) is 16.8 Å². The smallest absolute Gasteiger partial charge is 0.322 e. The number of hydrogen-bond acceptors (Lipinski definition) is 7. The van der Waals surface area contributed by atoms with Crippen LogP contribution in [0.25, 0.3) is 11.5 Å². The van der Waals surface area contributed by atoms with Crippen molar-refractivity contribution < 1.29 is 17.6 Å². The lowest BCUT2D eigenvalue weighted by Gasteiger charge is -2.02. The summed E-state index contributed by atoms with van der Waals surface area (Å²) >= 11 is 7.18. The second kappa shape index (κ2) is 8.76. The number of benzene rings is 2. The number of nitrogens with one attached hydrogen (secondary N) is 1. The van der Waals surface area contributed by atoms with Crippen LogP contribution in [0.15, 0.2) is 62.7 Å². The first kappa shape index (κ1) is 20.4. The number of anilines is 1. The van der Waals surface area contributed by atoms with Crippen LogP contribution in [0.2, 0.25) is 5.02 Å². The molecule has 0 fully saturated rings. The number of aromatic nitrogens is 2. The summed E-state index contributed by atoms with van der Waals surface area (Å²) in [5.74, 6) is 0.0840. The molecule has 7 nitrogen and oxygen atoms in total. The molecular weight excluding hydrogens is 422 g/mol. The molecule has 0 aliphatic heterocycles. The largest absolute Gasteiger partial charge is 0.403 e. The van der Waals surface area contributed by atoms with E-state index in [1.807, 2.05) is 12.1 Å². The van der Waals surface area contributed by atoms with Crippen molar-refractivity contribution in [3.05, 3.63) is 53.6 Å². The molecule has 0 saturated heterocycles. The highest BCUT2D eigenvalue weighted by molar-refractivity contribution is 8.00. The standard InChI is InChI=1S/C18H16ClN3O4S2/c1-2-28(24,25)15-9-3-12(4-10-15)17-21-22-18(26-17)20-16(23)11-27-14-7-5-13(19)6-8-14/h3-10H,2,11H2,1H3,(H,20,22,23). The number of thioether (sulfide) groups is 1. The van der Waals surface area contributed by atoms with Crippen molar-refractivity contribution in [1.29, 1.82) is 0 Å². The molecule has 0 unspecified atom stereocenters. The van der Waals surface area contributed by atoms with Crippen LogP contribution in [-0.2, 0) is 14.6 Å². The molecular formula is C18H16ClN3O4S2. The Balaban J connectivity index is 1.60. The quantitative estimate of drug-likeness (QED) is 0.559. The first-order valence-electron chi connectivity index (χ1n) is 8.22. The van der Waals surface area contributed by atoms with Gasteiger partial charge in [-0.25, -0.2) is 8.42 Å². The Bertz CT molecular complexity index is 1060. The fourth-order valence-corrected chi connectivity index (χ4v) is 3.91. The number of sulfone groups is 1. The van der Waals surface area contributed by atoms with E-state index in [0.717, 1.165) is 4.90 Å². The van der Waals surface area contributed by atoms with E-state index in [2.05, 4.69) is 15.5 Å². The van der Waals surface area contributed by atoms with E-state index >= 15 is 0 Å². The first-order valence-corrected chi connectivity index (χ1v) is 11.2. The first-order chi connectivity index (χ1) is 13.4. The molecule has 0 atom stereocenters. The van der Waals surface area contributed by atoms with E-state index in [1.165, 1.54) is 23.9 Å². The van der Waals surface area contributed by atoms with Crippen LogP contribution in [0, 0.1) is 0 Å². The minimum Gasteiger partial charge on any atom is -0.403 e. The van der Waals surface area contributed by atoms with E-state index in [4.69, 9.17) is 16.0 Å². The molecule has 10 heteroatoms. The summed E-state index contributed by atoms with van der Waals surface area (Å²) < 4.78 is 29.1. The molecule has 0 saturated carbocycles. The summed E-state index contributed by atoms with van der Waals surface area (Å²) in [6.45, 7) is 1.58. The Morgan fingerprint density at radius 1 is 1.11 bits per heavy atom. The van der Waals surface area contributed by atoms with Gasteiger partial charge >= 0.3 is 6.01 Å². The van der Waals surface area contributed by atoms with Crippen molar-refractivity contribution >= 4 is 45.1 Å². The summed E-state index contributed by atoms with van der Waals surface area (Å²) in [4.78, 5) is 13.2. The Morgan fingerprint density at radius 2 is 1.79 bits per heavy atom. The number of carbonyl (C=O) groups is 1. The van der Waals surface area contributed by atoms with Gasteiger partial charge in [-0.3, -0.25) is 10.1 Å². The summed E-state index contributed by atoms with van der Waals surface area (Å²) in [6.07, 6.45) is 0. The molecule has 0 aliphatic rings. The molecule has 3 rings (SSSR count). The van der Waals surface area contributed by atoms with Crippen molar-refractivity contribution in [2.24, 2.45) is 0 Å². The van der Waals surface area contributed by atoms with Gasteiger partial charge in [0.25, 0.3) is 0 Å². The molecule has 28 heavy (non-hydrogen) atoms. The van der Waals surface area contributed by atoms with Gasteiger partial charge in [0, 0.05) is 15.5 Å². The maximum absolute atomic E-state index is 12.0. The van der Waals surface area contributed by atoms with Crippen LogP contribution < -0.4 is 5.32 Å². The van der Waals surface area contributed by atoms with Crippen LogP contribution in [0.5, 0.6) is 0 Å². The fourth-order valence-electron chi connectivity index (χ4n) is 2.20. The lowest BCUT2D eigenvalue weighted by molar-refractivity contribution is -0.113. The number of carbonyl (C=O) groups excluding carboxylic acids is 1. The van der Waals surface area contributed by atoms with Crippen LogP contribution in [0.1, 0.15) is 6.92 Å². The van der Waals surface area contributed by atoms with E-state index in [9.17, 15) is 13.2 Å². The normalized spacial score (nSPS) is 11.4. The molecule has 1 aromatic heterocycles. The lowest BCUT2D eigenvalue weighted by Crippen LogP contribution is -2.14. The number of nitrogens with zero attached hydrogens (tertiary/aromatic N) is 2. The fraction of sp³-hybridized carbons (Fsp3) is 0.167. The molecule has 1 N–H and O–H groups in total. The number of amides is 1. The predicted octanol–water partition coefficient (Wildman–Crippen LogP) is 3.91. The van der Waals surface area contributed by atoms with Crippen molar-refractivity contribution in [3.8, 4) is 11.5 Å². The van der Waals surface area contributed by atoms with Gasteiger partial charge in [-0.1, -0.05) is 23.6 Å². The monoisotopic (exact) mass is 437 g/mol. The number of hydrogen-bond donors (Lipinski definition) is 1. The molecule has 1 heterocycles. The molecule has 1 amide bonds. The summed E-state index contributed by atoms with van der Waals surface area (Å²) in [5.41, 5.74) is 0.554. The Labute approximate surface area is 171 Å². The molecule has 0 bridgehead atoms. The van der Waals surface area contributed by atoms with Crippen LogP contribution >= 0.6 is 23.4 Å². The van der Waals surface area contributed by atoms with E-state index in [0.29, 0.717) is 10.6 Å². The lowest BCUT2D eigenvalue weighted by atomic mass is 10.2. The second-order valence-electron chi connectivity index (χ2n) is 5.63. The maximum Gasteiger partial charge on any atom is 0.322 e. The van der Waals surface area contributed by atoms with E-state index < -0.39 is 9.84 Å². The third-order valence-corrected chi connectivity index (χ3v) is 6.71. The summed E-state index contributed by atoms with van der Waals surface area (Å²) in [7, 11) is -3.27. The molecule has 0 spiro atoms. The van der Waals surface area contributed by atoms with Crippen molar-refractivity contribution in [2.45, 2.75) is 16.7 Å². The minimum absolute atomic E-state index is 0.0249. The molecule has 2 aromatic carbocycles. The van der Waals surface area contributed by atoms with Crippen molar-refractivity contribution in [3.63, 3.8) is 0 Å². The predicted molar refractivity (Wildman–Crippen MR) is 108 cm³/mol. The van der Waals surface area contributed by atoms with Crippen LogP contribution in [0.4, 0.5) is 6.01 Å². The molecule has 0 radical (unpaired) electrons. The van der Waals surface area contributed by atoms with Crippen LogP contribution in [0.3, 0.4) is 0 Å². The second-order valence-corrected chi connectivity index (χ2v) is 9.39. The zero-order chi connectivity index (χ0) is 20.1. The average molecular weight is 438 g/mol. The summed E-state index contributed by atoms with van der Waals surface area (Å²) in [6, 6.07) is 13.3. The Kier molecular flexibility index (Phi) is 6.38. The number of halogens is 1. The van der Waals surface area contributed by atoms with E-state index in [-0.39, 0.29) is 34.2 Å².